The Kier molecular flexibility index (Phi) is 9.94. The topological polar surface area (TPSA) is 96.6 Å². The van der Waals surface area contributed by atoms with E-state index >= 15 is 0 Å². The van der Waals surface area contributed by atoms with Crippen LogP contribution in [0.5, 0.6) is 5.75 Å². The molecule has 2 aliphatic carbocycles. The van der Waals surface area contributed by atoms with Crippen molar-refractivity contribution in [3.63, 3.8) is 0 Å². The number of hydrogen-bond acceptors (Lipinski definition) is 7. The highest BCUT2D eigenvalue weighted by molar-refractivity contribution is 7.85. The lowest BCUT2D eigenvalue weighted by Gasteiger charge is -2.36. The molecule has 1 aromatic carbocycles. The maximum atomic E-state index is 12.2. The Bertz CT molecular complexity index is 1120. The number of anilines is 2. The van der Waals surface area contributed by atoms with Crippen molar-refractivity contribution < 1.29 is 26.9 Å². The van der Waals surface area contributed by atoms with Crippen LogP contribution in [0, 0.1) is 0 Å². The number of aromatic amines is 1. The molecule has 8 nitrogen and oxygen atoms in total. The maximum Gasteiger partial charge on any atom is 0.573 e. The first-order valence-electron chi connectivity index (χ1n) is 12.8. The van der Waals surface area contributed by atoms with Crippen molar-refractivity contribution in [2.45, 2.75) is 68.6 Å². The number of nitrogens with one attached hydrogen (secondary N) is 2. The molecular formula is C25H32ClF3N4O4S. The van der Waals surface area contributed by atoms with Crippen LogP contribution in [0.1, 0.15) is 44.9 Å². The number of benzene rings is 1. The molecule has 2 saturated carbocycles. The van der Waals surface area contributed by atoms with Crippen molar-refractivity contribution in [1.82, 2.24) is 10.2 Å². The van der Waals surface area contributed by atoms with Gasteiger partial charge in [0.25, 0.3) is 5.56 Å². The molecule has 3 aliphatic rings. The minimum Gasteiger partial charge on any atom is -0.406 e. The molecule has 2 unspecified atom stereocenters. The van der Waals surface area contributed by atoms with Crippen LogP contribution in [0.25, 0.3) is 0 Å². The Balaban J connectivity index is 0.000000181. The normalized spacial score (nSPS) is 22.2. The van der Waals surface area contributed by atoms with E-state index < -0.39 is 22.7 Å². The molecule has 0 amide bonds. The molecule has 38 heavy (non-hydrogen) atoms. The van der Waals surface area contributed by atoms with E-state index in [2.05, 4.69) is 25.2 Å². The largest absolute Gasteiger partial charge is 0.573 e. The highest BCUT2D eigenvalue weighted by Gasteiger charge is 2.35. The minimum absolute atomic E-state index is 0.0579. The van der Waals surface area contributed by atoms with E-state index in [1.807, 2.05) is 0 Å². The highest BCUT2D eigenvalue weighted by Crippen LogP contribution is 2.38. The number of H-pyrrole nitrogens is 1. The summed E-state index contributed by atoms with van der Waals surface area (Å²) in [6.45, 7) is 1.43. The summed E-state index contributed by atoms with van der Waals surface area (Å²) < 4.78 is 57.4. The van der Waals surface area contributed by atoms with Gasteiger partial charge < -0.3 is 19.7 Å². The molecule has 2 aromatic rings. The number of hydrogen-bond donors (Lipinski definition) is 2. The second-order valence-electron chi connectivity index (χ2n) is 9.56. The van der Waals surface area contributed by atoms with Crippen LogP contribution in [0.4, 0.5) is 24.5 Å². The number of nitrogens with zero attached hydrogens (tertiary/aromatic N) is 2. The van der Waals surface area contributed by atoms with E-state index in [-0.39, 0.29) is 16.0 Å². The number of alkyl halides is 3. The van der Waals surface area contributed by atoms with E-state index in [9.17, 15) is 22.2 Å². The van der Waals surface area contributed by atoms with Gasteiger partial charge in [0, 0.05) is 40.9 Å². The van der Waals surface area contributed by atoms with Gasteiger partial charge in [0.2, 0.25) is 0 Å². The molecule has 13 heteroatoms. The summed E-state index contributed by atoms with van der Waals surface area (Å²) in [5.41, 5.74) is 1.02. The van der Waals surface area contributed by atoms with E-state index in [0.29, 0.717) is 43.3 Å². The van der Waals surface area contributed by atoms with Crippen molar-refractivity contribution >= 4 is 33.8 Å². The average Bonchev–Trinajstić information content (AvgIpc) is 3.72. The zero-order chi connectivity index (χ0) is 27.1. The standard InChI is InChI=1S/C16H20F3NO.C9H12ClN3O3S/c17-16(18,19)21-15-10-8-14(9-11-15)20(13-6-7-13)12-4-2-1-3-5-12;10-8-7(4-12-13-9(8)14)11-3-6-5-16-1-2-17(6)15/h8-13H,1-7H2;4,6H,1-3,5H2,(H2,11,13,14). The molecule has 3 fully saturated rings. The molecule has 2 heterocycles. The van der Waals surface area contributed by atoms with E-state index in [1.54, 1.807) is 12.1 Å². The average molecular weight is 577 g/mol. The van der Waals surface area contributed by atoms with E-state index in [1.165, 1.54) is 63.3 Å². The minimum atomic E-state index is -4.62. The van der Waals surface area contributed by atoms with Crippen molar-refractivity contribution in [3.8, 4) is 5.75 Å². The molecule has 0 spiro atoms. The third-order valence-electron chi connectivity index (χ3n) is 6.70. The molecule has 210 valence electrons. The zero-order valence-corrected chi connectivity index (χ0v) is 22.4. The Morgan fingerprint density at radius 2 is 1.82 bits per heavy atom. The number of rotatable bonds is 7. The molecule has 1 aliphatic heterocycles. The molecule has 2 atom stereocenters. The second kappa shape index (κ2) is 13.2. The fourth-order valence-electron chi connectivity index (χ4n) is 4.73. The quantitative estimate of drug-likeness (QED) is 0.485. The predicted octanol–water partition coefficient (Wildman–Crippen LogP) is 4.87. The summed E-state index contributed by atoms with van der Waals surface area (Å²) in [5, 5.41) is 8.80. The first-order chi connectivity index (χ1) is 18.2. The van der Waals surface area contributed by atoms with Crippen LogP contribution >= 0.6 is 11.6 Å². The van der Waals surface area contributed by atoms with Gasteiger partial charge in [-0.05, 0) is 49.9 Å². The molecular weight excluding hydrogens is 545 g/mol. The Morgan fingerprint density at radius 1 is 1.13 bits per heavy atom. The van der Waals surface area contributed by atoms with Gasteiger partial charge in [-0.3, -0.25) is 9.00 Å². The number of halogens is 4. The van der Waals surface area contributed by atoms with Crippen molar-refractivity contribution in [3.05, 3.63) is 45.8 Å². The van der Waals surface area contributed by atoms with Gasteiger partial charge in [0.05, 0.1) is 30.3 Å². The lowest BCUT2D eigenvalue weighted by molar-refractivity contribution is -0.274. The molecule has 2 N–H and O–H groups in total. The van der Waals surface area contributed by atoms with E-state index in [0.717, 1.165) is 5.69 Å². The van der Waals surface area contributed by atoms with Crippen molar-refractivity contribution in [2.75, 3.05) is 35.7 Å². The van der Waals surface area contributed by atoms with Crippen LogP contribution in [-0.4, -0.2) is 63.6 Å². The van der Waals surface area contributed by atoms with Gasteiger partial charge in [0.15, 0.2) is 0 Å². The van der Waals surface area contributed by atoms with Gasteiger partial charge in [-0.25, -0.2) is 5.10 Å². The summed E-state index contributed by atoms with van der Waals surface area (Å²) in [6, 6.07) is 7.47. The molecule has 5 rings (SSSR count). The van der Waals surface area contributed by atoms with Gasteiger partial charge in [-0.1, -0.05) is 30.9 Å². The monoisotopic (exact) mass is 576 g/mol. The fourth-order valence-corrected chi connectivity index (χ4v) is 6.02. The summed E-state index contributed by atoms with van der Waals surface area (Å²) in [5.74, 6) is 0.402. The van der Waals surface area contributed by atoms with Crippen molar-refractivity contribution in [2.24, 2.45) is 0 Å². The van der Waals surface area contributed by atoms with Crippen LogP contribution in [0.15, 0.2) is 35.3 Å². The third-order valence-corrected chi connectivity index (χ3v) is 8.69. The maximum absolute atomic E-state index is 12.2. The Labute approximate surface area is 226 Å². The molecule has 0 radical (unpaired) electrons. The second-order valence-corrected chi connectivity index (χ2v) is 11.8. The summed E-state index contributed by atoms with van der Waals surface area (Å²) >= 11 is 5.79. The fraction of sp³-hybridized carbons (Fsp3) is 0.600. The Hall–Kier alpha value is -2.31. The lowest BCUT2D eigenvalue weighted by atomic mass is 9.93. The first-order valence-corrected chi connectivity index (χ1v) is 14.5. The van der Waals surface area contributed by atoms with Crippen LogP contribution in [0.2, 0.25) is 5.02 Å². The lowest BCUT2D eigenvalue weighted by Crippen LogP contribution is -2.38. The van der Waals surface area contributed by atoms with Crippen LogP contribution in [-0.2, 0) is 15.5 Å². The van der Waals surface area contributed by atoms with Gasteiger partial charge in [-0.2, -0.15) is 5.10 Å². The van der Waals surface area contributed by atoms with Gasteiger partial charge in [0.1, 0.15) is 10.8 Å². The summed E-state index contributed by atoms with van der Waals surface area (Å²) in [6.07, 6.45) is 5.38. The van der Waals surface area contributed by atoms with E-state index in [4.69, 9.17) is 16.3 Å². The smallest absolute Gasteiger partial charge is 0.406 e. The van der Waals surface area contributed by atoms with Crippen LogP contribution < -0.4 is 20.5 Å². The van der Waals surface area contributed by atoms with Crippen LogP contribution in [0.3, 0.4) is 0 Å². The first kappa shape index (κ1) is 28.7. The molecule has 0 bridgehead atoms. The molecule has 1 saturated heterocycles. The summed E-state index contributed by atoms with van der Waals surface area (Å²) in [7, 11) is -0.901. The molecule has 1 aromatic heterocycles. The zero-order valence-electron chi connectivity index (χ0n) is 20.8. The van der Waals surface area contributed by atoms with Crippen molar-refractivity contribution in [1.29, 1.82) is 0 Å². The highest BCUT2D eigenvalue weighted by atomic mass is 35.5. The number of aromatic nitrogens is 2. The predicted molar refractivity (Wildman–Crippen MR) is 141 cm³/mol. The van der Waals surface area contributed by atoms with Gasteiger partial charge >= 0.3 is 6.36 Å². The summed E-state index contributed by atoms with van der Waals surface area (Å²) in [4.78, 5) is 13.6. The Morgan fingerprint density at radius 3 is 2.45 bits per heavy atom. The number of ether oxygens (including phenoxy) is 2. The third kappa shape index (κ3) is 8.34. The van der Waals surface area contributed by atoms with Gasteiger partial charge in [-0.15, -0.1) is 13.2 Å². The SMILES string of the molecule is FC(F)(F)Oc1ccc(N(C2CCCCC2)C2CC2)cc1.O=c1[nH]ncc(NCC2COCCS2=O)c1Cl.